The minimum Gasteiger partial charge on any atom is -0.382 e. The Morgan fingerprint density at radius 2 is 1.83 bits per heavy atom. The van der Waals surface area contributed by atoms with Gasteiger partial charge < -0.3 is 16.0 Å². The van der Waals surface area contributed by atoms with Crippen LogP contribution in [0, 0.1) is 5.82 Å². The smallest absolute Gasteiger partial charge is 0.277 e. The molecular formula is C20H18FN5O3S. The molecule has 0 atom stereocenters. The van der Waals surface area contributed by atoms with Gasteiger partial charge >= 0.3 is 0 Å². The molecule has 4 N–H and O–H groups in total. The van der Waals surface area contributed by atoms with Gasteiger partial charge in [0.1, 0.15) is 11.5 Å². The fourth-order valence-electron chi connectivity index (χ4n) is 2.47. The fraction of sp³-hybridized carbons (Fsp3) is 0.100. The number of thioether (sulfide) groups is 1. The number of carbonyl (C=O) groups excluding carboxylic acids is 2. The lowest BCUT2D eigenvalue weighted by atomic mass is 10.2. The van der Waals surface area contributed by atoms with Crippen LogP contribution in [0.1, 0.15) is 10.4 Å². The Bertz CT molecular complexity index is 1120. The fourth-order valence-corrected chi connectivity index (χ4v) is 3.25. The average Bonchev–Trinajstić information content (AvgIpc) is 2.75. The van der Waals surface area contributed by atoms with Crippen LogP contribution in [0.4, 0.5) is 21.6 Å². The highest BCUT2D eigenvalue weighted by Crippen LogP contribution is 2.19. The van der Waals surface area contributed by atoms with Gasteiger partial charge in [-0.2, -0.15) is 0 Å². The van der Waals surface area contributed by atoms with Gasteiger partial charge in [-0.15, -0.1) is 0 Å². The lowest BCUT2D eigenvalue weighted by Crippen LogP contribution is -2.28. The number of amides is 2. The number of para-hydroxylation sites is 1. The van der Waals surface area contributed by atoms with Crippen molar-refractivity contribution < 1.29 is 14.0 Å². The molecular weight excluding hydrogens is 409 g/mol. The molecule has 0 saturated carbocycles. The van der Waals surface area contributed by atoms with E-state index in [2.05, 4.69) is 15.3 Å². The summed E-state index contributed by atoms with van der Waals surface area (Å²) in [7, 11) is 1.65. The minimum atomic E-state index is -0.663. The molecule has 0 bridgehead atoms. The molecule has 0 aliphatic carbocycles. The van der Waals surface area contributed by atoms with Crippen molar-refractivity contribution in [3.05, 3.63) is 76.3 Å². The van der Waals surface area contributed by atoms with E-state index in [0.717, 1.165) is 29.6 Å². The third-order valence-corrected chi connectivity index (χ3v) is 4.98. The van der Waals surface area contributed by atoms with Gasteiger partial charge in [0.05, 0.1) is 5.75 Å². The van der Waals surface area contributed by atoms with E-state index in [9.17, 15) is 18.8 Å². The summed E-state index contributed by atoms with van der Waals surface area (Å²) in [6.45, 7) is 0. The predicted octanol–water partition coefficient (Wildman–Crippen LogP) is 2.50. The van der Waals surface area contributed by atoms with E-state index in [1.807, 2.05) is 18.2 Å². The van der Waals surface area contributed by atoms with E-state index >= 15 is 0 Å². The lowest BCUT2D eigenvalue weighted by molar-refractivity contribution is -0.115. The molecule has 3 rings (SSSR count). The van der Waals surface area contributed by atoms with E-state index in [-0.39, 0.29) is 33.9 Å². The topological polar surface area (TPSA) is 121 Å². The van der Waals surface area contributed by atoms with Crippen LogP contribution in [0.5, 0.6) is 0 Å². The van der Waals surface area contributed by atoms with Gasteiger partial charge in [-0.25, -0.2) is 9.37 Å². The minimum absolute atomic E-state index is 0.0229. The van der Waals surface area contributed by atoms with E-state index < -0.39 is 17.3 Å². The van der Waals surface area contributed by atoms with Gasteiger partial charge in [0.15, 0.2) is 11.0 Å². The molecule has 1 heterocycles. The molecule has 0 radical (unpaired) electrons. The number of nitrogens with one attached hydrogen (secondary N) is 2. The van der Waals surface area contributed by atoms with E-state index in [1.165, 1.54) is 17.0 Å². The third kappa shape index (κ3) is 5.03. The number of halogens is 1. The summed E-state index contributed by atoms with van der Waals surface area (Å²) in [6.07, 6.45) is 0. The monoisotopic (exact) mass is 427 g/mol. The van der Waals surface area contributed by atoms with Crippen molar-refractivity contribution in [3.63, 3.8) is 0 Å². The number of hydrogen-bond donors (Lipinski definition) is 3. The van der Waals surface area contributed by atoms with Crippen LogP contribution in [-0.2, 0) is 4.79 Å². The Hall–Kier alpha value is -3.66. The molecule has 1 aromatic heterocycles. The van der Waals surface area contributed by atoms with Crippen molar-refractivity contribution >= 4 is 40.8 Å². The van der Waals surface area contributed by atoms with Crippen molar-refractivity contribution in [2.45, 2.75) is 5.16 Å². The van der Waals surface area contributed by atoms with E-state index in [4.69, 9.17) is 5.73 Å². The van der Waals surface area contributed by atoms with Crippen LogP contribution in [0.15, 0.2) is 64.5 Å². The molecule has 0 unspecified atom stereocenters. The highest BCUT2D eigenvalue weighted by Gasteiger charge is 2.16. The zero-order chi connectivity index (χ0) is 21.7. The number of nitrogens with two attached hydrogens (primary N) is 1. The predicted molar refractivity (Wildman–Crippen MR) is 114 cm³/mol. The second-order valence-electron chi connectivity index (χ2n) is 6.17. The largest absolute Gasteiger partial charge is 0.382 e. The van der Waals surface area contributed by atoms with Crippen LogP contribution in [0.25, 0.3) is 0 Å². The molecule has 0 fully saturated rings. The molecule has 0 spiro atoms. The molecule has 0 aliphatic heterocycles. The van der Waals surface area contributed by atoms with Gasteiger partial charge in [0.2, 0.25) is 5.91 Å². The number of benzene rings is 2. The number of carbonyl (C=O) groups is 2. The second-order valence-corrected chi connectivity index (χ2v) is 7.13. The number of anilines is 3. The average molecular weight is 427 g/mol. The van der Waals surface area contributed by atoms with Gasteiger partial charge in [0, 0.05) is 18.3 Å². The highest BCUT2D eigenvalue weighted by molar-refractivity contribution is 7.99. The van der Waals surface area contributed by atoms with Gasteiger partial charge in [-0.1, -0.05) is 30.0 Å². The normalized spacial score (nSPS) is 10.5. The number of aromatic amines is 1. The first kappa shape index (κ1) is 21.1. The van der Waals surface area contributed by atoms with E-state index in [1.54, 1.807) is 19.2 Å². The van der Waals surface area contributed by atoms with Crippen LogP contribution in [0.3, 0.4) is 0 Å². The maximum Gasteiger partial charge on any atom is 0.277 e. The summed E-state index contributed by atoms with van der Waals surface area (Å²) in [4.78, 5) is 44.9. The Labute approximate surface area is 175 Å². The van der Waals surface area contributed by atoms with Crippen LogP contribution in [-0.4, -0.2) is 34.6 Å². The molecule has 2 aromatic carbocycles. The first-order valence-electron chi connectivity index (χ1n) is 8.76. The summed E-state index contributed by atoms with van der Waals surface area (Å²) in [5.41, 5.74) is 5.83. The van der Waals surface area contributed by atoms with Crippen LogP contribution < -0.4 is 21.5 Å². The summed E-state index contributed by atoms with van der Waals surface area (Å²) < 4.78 is 13.0. The van der Waals surface area contributed by atoms with Crippen LogP contribution in [0.2, 0.25) is 0 Å². The molecule has 0 aliphatic rings. The number of hydrogen-bond acceptors (Lipinski definition) is 6. The summed E-state index contributed by atoms with van der Waals surface area (Å²) >= 11 is 1.01. The van der Waals surface area contributed by atoms with Crippen molar-refractivity contribution in [1.82, 2.24) is 9.97 Å². The molecule has 8 nitrogen and oxygen atoms in total. The van der Waals surface area contributed by atoms with Crippen LogP contribution >= 0.6 is 11.8 Å². The Morgan fingerprint density at radius 3 is 2.47 bits per heavy atom. The van der Waals surface area contributed by atoms with Gasteiger partial charge in [-0.3, -0.25) is 19.4 Å². The Balaban J connectivity index is 1.67. The van der Waals surface area contributed by atoms with Crippen molar-refractivity contribution in [2.24, 2.45) is 0 Å². The number of rotatable bonds is 6. The number of aromatic nitrogens is 2. The molecule has 2 amide bonds. The third-order valence-electron chi connectivity index (χ3n) is 4.12. The second kappa shape index (κ2) is 9.23. The van der Waals surface area contributed by atoms with E-state index in [0.29, 0.717) is 0 Å². The molecule has 10 heteroatoms. The van der Waals surface area contributed by atoms with Gasteiger partial charge in [-0.05, 0) is 36.4 Å². The zero-order valence-corrected chi connectivity index (χ0v) is 16.7. The molecule has 154 valence electrons. The zero-order valence-electron chi connectivity index (χ0n) is 15.9. The molecule has 30 heavy (non-hydrogen) atoms. The summed E-state index contributed by atoms with van der Waals surface area (Å²) in [6, 6.07) is 13.9. The quantitative estimate of drug-likeness (QED) is 0.411. The Morgan fingerprint density at radius 1 is 1.17 bits per heavy atom. The number of H-pyrrole nitrogens is 1. The first-order valence-corrected chi connectivity index (χ1v) is 9.75. The Kier molecular flexibility index (Phi) is 6.48. The molecule has 3 aromatic rings. The maximum absolute atomic E-state index is 13.0. The summed E-state index contributed by atoms with van der Waals surface area (Å²) in [5.74, 6) is -1.48. The SMILES string of the molecule is CN(C(=O)CSc1nc(N)c(NC(=O)c2ccc(F)cc2)c(=O)[nH]1)c1ccccc1. The van der Waals surface area contributed by atoms with Crippen molar-refractivity contribution in [2.75, 3.05) is 28.8 Å². The number of nitrogens with zero attached hydrogens (tertiary/aromatic N) is 2. The highest BCUT2D eigenvalue weighted by atomic mass is 32.2. The molecule has 0 saturated heterocycles. The van der Waals surface area contributed by atoms with Crippen molar-refractivity contribution in [1.29, 1.82) is 0 Å². The lowest BCUT2D eigenvalue weighted by Gasteiger charge is -2.16. The standard InChI is InChI=1S/C20H18FN5O3S/c1-26(14-5-3-2-4-6-14)15(27)11-30-20-24-17(22)16(19(29)25-20)23-18(28)12-7-9-13(21)10-8-12/h2-10H,11H2,1H3,(H,23,28)(H3,22,24,25,29). The maximum atomic E-state index is 13.0. The van der Waals surface area contributed by atoms with Crippen molar-refractivity contribution in [3.8, 4) is 0 Å². The first-order chi connectivity index (χ1) is 14.3. The van der Waals surface area contributed by atoms with Gasteiger partial charge in [0.25, 0.3) is 11.5 Å². The number of nitrogen functional groups attached to an aromatic ring is 1. The summed E-state index contributed by atoms with van der Waals surface area (Å²) in [5, 5.41) is 2.51.